The monoisotopic (exact) mass is 180 g/mol. The third kappa shape index (κ3) is 3.38. The van der Waals surface area contributed by atoms with Crippen LogP contribution in [0, 0.1) is 6.92 Å². The van der Waals surface area contributed by atoms with E-state index in [-0.39, 0.29) is 0 Å². The van der Waals surface area contributed by atoms with Crippen LogP contribution < -0.4 is 10.6 Å². The molecule has 0 amide bonds. The van der Waals surface area contributed by atoms with E-state index in [1.165, 1.54) is 0 Å². The van der Waals surface area contributed by atoms with Gasteiger partial charge in [0.2, 0.25) is 5.95 Å². The van der Waals surface area contributed by atoms with Crippen LogP contribution in [0.2, 0.25) is 0 Å². The van der Waals surface area contributed by atoms with Crippen molar-refractivity contribution in [2.24, 2.45) is 0 Å². The smallest absolute Gasteiger partial charge is 0.222 e. The molecule has 1 aromatic rings. The number of likely N-dealkylation sites (N-methyl/N-ethyl adjacent to an activating group) is 1. The van der Waals surface area contributed by atoms with Gasteiger partial charge in [-0.1, -0.05) is 0 Å². The molecule has 72 valence electrons. The Morgan fingerprint density at radius 2 is 2.31 bits per heavy atom. The third-order valence-corrected chi connectivity index (χ3v) is 1.85. The van der Waals surface area contributed by atoms with E-state index in [1.807, 2.05) is 20.0 Å². The Morgan fingerprint density at radius 1 is 1.54 bits per heavy atom. The van der Waals surface area contributed by atoms with Crippen molar-refractivity contribution >= 4 is 5.95 Å². The van der Waals surface area contributed by atoms with Gasteiger partial charge in [0.05, 0.1) is 0 Å². The Balaban J connectivity index is 2.45. The van der Waals surface area contributed by atoms with Gasteiger partial charge in [0, 0.05) is 24.5 Å². The van der Waals surface area contributed by atoms with Crippen molar-refractivity contribution in [3.8, 4) is 0 Å². The lowest BCUT2D eigenvalue weighted by Gasteiger charge is -2.10. The van der Waals surface area contributed by atoms with Crippen molar-refractivity contribution < 1.29 is 0 Å². The van der Waals surface area contributed by atoms with Crippen molar-refractivity contribution in [2.45, 2.75) is 19.9 Å². The second kappa shape index (κ2) is 4.77. The van der Waals surface area contributed by atoms with Crippen LogP contribution >= 0.6 is 0 Å². The summed E-state index contributed by atoms with van der Waals surface area (Å²) in [4.78, 5) is 8.33. The van der Waals surface area contributed by atoms with Gasteiger partial charge in [-0.25, -0.2) is 9.97 Å². The van der Waals surface area contributed by atoms with Crippen LogP contribution in [0.25, 0.3) is 0 Å². The summed E-state index contributed by atoms with van der Waals surface area (Å²) in [6.07, 6.45) is 1.76. The normalized spacial score (nSPS) is 12.5. The molecule has 1 aromatic heterocycles. The van der Waals surface area contributed by atoms with E-state index in [0.29, 0.717) is 12.0 Å². The highest BCUT2D eigenvalue weighted by molar-refractivity contribution is 5.24. The molecule has 0 fully saturated rings. The lowest BCUT2D eigenvalue weighted by atomic mass is 10.3. The Hall–Kier alpha value is -1.16. The molecule has 1 atom stereocenters. The SMILES string of the molecule is CNC(C)CNc1nccc(C)n1. The molecule has 0 aromatic carbocycles. The van der Waals surface area contributed by atoms with Gasteiger partial charge in [-0.05, 0) is 27.0 Å². The zero-order valence-electron chi connectivity index (χ0n) is 8.33. The predicted octanol–water partition coefficient (Wildman–Crippen LogP) is 0.805. The minimum atomic E-state index is 0.420. The van der Waals surface area contributed by atoms with Gasteiger partial charge < -0.3 is 10.6 Å². The number of nitrogens with zero attached hydrogens (tertiary/aromatic N) is 2. The number of aryl methyl sites for hydroxylation is 1. The Morgan fingerprint density at radius 3 is 2.92 bits per heavy atom. The first-order chi connectivity index (χ1) is 6.22. The standard InChI is InChI=1S/C9H16N4/c1-7-4-5-11-9(13-7)12-6-8(2)10-3/h4-5,8,10H,6H2,1-3H3,(H,11,12,13). The first-order valence-electron chi connectivity index (χ1n) is 4.43. The molecule has 0 radical (unpaired) electrons. The number of nitrogens with one attached hydrogen (secondary N) is 2. The van der Waals surface area contributed by atoms with Gasteiger partial charge in [-0.2, -0.15) is 0 Å². The lowest BCUT2D eigenvalue weighted by molar-refractivity contribution is 0.635. The maximum Gasteiger partial charge on any atom is 0.222 e. The predicted molar refractivity (Wildman–Crippen MR) is 53.8 cm³/mol. The van der Waals surface area contributed by atoms with E-state index in [4.69, 9.17) is 0 Å². The molecule has 13 heavy (non-hydrogen) atoms. The number of aromatic nitrogens is 2. The number of hydrogen-bond donors (Lipinski definition) is 2. The maximum absolute atomic E-state index is 4.23. The van der Waals surface area contributed by atoms with Crippen LogP contribution in [0.15, 0.2) is 12.3 Å². The molecule has 2 N–H and O–H groups in total. The molecule has 0 aliphatic carbocycles. The Bertz CT molecular complexity index is 262. The fourth-order valence-corrected chi connectivity index (χ4v) is 0.881. The minimum absolute atomic E-state index is 0.420. The van der Waals surface area contributed by atoms with Gasteiger partial charge in [0.1, 0.15) is 0 Å². The first kappa shape index (κ1) is 9.92. The zero-order chi connectivity index (χ0) is 9.68. The summed E-state index contributed by atoms with van der Waals surface area (Å²) >= 11 is 0. The third-order valence-electron chi connectivity index (χ3n) is 1.85. The molecule has 0 saturated heterocycles. The van der Waals surface area contributed by atoms with Crippen molar-refractivity contribution in [2.75, 3.05) is 18.9 Å². The highest BCUT2D eigenvalue weighted by Crippen LogP contribution is 1.98. The van der Waals surface area contributed by atoms with Gasteiger partial charge in [-0.3, -0.25) is 0 Å². The zero-order valence-corrected chi connectivity index (χ0v) is 8.33. The molecule has 0 saturated carbocycles. The van der Waals surface area contributed by atoms with Crippen LogP contribution in [-0.4, -0.2) is 29.6 Å². The summed E-state index contributed by atoms with van der Waals surface area (Å²) in [5.74, 6) is 0.696. The Kier molecular flexibility index (Phi) is 3.64. The van der Waals surface area contributed by atoms with Crippen molar-refractivity contribution in [3.63, 3.8) is 0 Å². The van der Waals surface area contributed by atoms with Crippen LogP contribution in [0.3, 0.4) is 0 Å². The highest BCUT2D eigenvalue weighted by Gasteiger charge is 1.99. The number of hydrogen-bond acceptors (Lipinski definition) is 4. The highest BCUT2D eigenvalue weighted by atomic mass is 15.1. The summed E-state index contributed by atoms with van der Waals surface area (Å²) in [6, 6.07) is 2.30. The van der Waals surface area contributed by atoms with Gasteiger partial charge in [-0.15, -0.1) is 0 Å². The van der Waals surface area contributed by atoms with E-state index in [1.54, 1.807) is 6.20 Å². The van der Waals surface area contributed by atoms with Crippen molar-refractivity contribution in [1.82, 2.24) is 15.3 Å². The lowest BCUT2D eigenvalue weighted by Crippen LogP contribution is -2.29. The average molecular weight is 180 g/mol. The molecule has 4 heteroatoms. The molecule has 0 aliphatic heterocycles. The quantitative estimate of drug-likeness (QED) is 0.719. The van der Waals surface area contributed by atoms with E-state index < -0.39 is 0 Å². The number of anilines is 1. The van der Waals surface area contributed by atoms with Crippen LogP contribution in [0.5, 0.6) is 0 Å². The van der Waals surface area contributed by atoms with Crippen molar-refractivity contribution in [3.05, 3.63) is 18.0 Å². The fourth-order valence-electron chi connectivity index (χ4n) is 0.881. The largest absolute Gasteiger partial charge is 0.353 e. The molecule has 1 heterocycles. The number of rotatable bonds is 4. The fraction of sp³-hybridized carbons (Fsp3) is 0.556. The summed E-state index contributed by atoms with van der Waals surface area (Å²) in [5.41, 5.74) is 0.981. The van der Waals surface area contributed by atoms with Crippen LogP contribution in [-0.2, 0) is 0 Å². The summed E-state index contributed by atoms with van der Waals surface area (Å²) in [5, 5.41) is 6.28. The second-order valence-corrected chi connectivity index (χ2v) is 3.09. The van der Waals surface area contributed by atoms with E-state index in [2.05, 4.69) is 27.5 Å². The molecule has 1 unspecified atom stereocenters. The summed E-state index contributed by atoms with van der Waals surface area (Å²) < 4.78 is 0. The van der Waals surface area contributed by atoms with Crippen LogP contribution in [0.4, 0.5) is 5.95 Å². The van der Waals surface area contributed by atoms with E-state index in [0.717, 1.165) is 12.2 Å². The molecule has 1 rings (SSSR count). The summed E-state index contributed by atoms with van der Waals surface area (Å²) in [7, 11) is 1.93. The molecular weight excluding hydrogens is 164 g/mol. The molecule has 0 aliphatic rings. The topological polar surface area (TPSA) is 49.8 Å². The average Bonchev–Trinajstić information content (AvgIpc) is 2.14. The van der Waals surface area contributed by atoms with Gasteiger partial charge in [0.25, 0.3) is 0 Å². The minimum Gasteiger partial charge on any atom is -0.353 e. The molecule has 0 spiro atoms. The first-order valence-corrected chi connectivity index (χ1v) is 4.43. The van der Waals surface area contributed by atoms with Gasteiger partial charge >= 0.3 is 0 Å². The Labute approximate surface area is 78.8 Å². The van der Waals surface area contributed by atoms with Gasteiger partial charge in [0.15, 0.2) is 0 Å². The van der Waals surface area contributed by atoms with E-state index >= 15 is 0 Å². The van der Waals surface area contributed by atoms with E-state index in [9.17, 15) is 0 Å². The van der Waals surface area contributed by atoms with Crippen molar-refractivity contribution in [1.29, 1.82) is 0 Å². The van der Waals surface area contributed by atoms with Crippen LogP contribution in [0.1, 0.15) is 12.6 Å². The second-order valence-electron chi connectivity index (χ2n) is 3.09. The maximum atomic E-state index is 4.23. The molecular formula is C9H16N4. The summed E-state index contributed by atoms with van der Waals surface area (Å²) in [6.45, 7) is 4.89. The molecule has 4 nitrogen and oxygen atoms in total. The molecule has 0 bridgehead atoms.